The predicted octanol–water partition coefficient (Wildman–Crippen LogP) is 4.95. The second kappa shape index (κ2) is 9.40. The molecule has 1 atom stereocenters. The number of hydrogen-bond acceptors (Lipinski definition) is 5. The molecule has 10 heteroatoms. The highest BCUT2D eigenvalue weighted by Crippen LogP contribution is 2.37. The van der Waals surface area contributed by atoms with E-state index in [9.17, 15) is 16.8 Å². The van der Waals surface area contributed by atoms with Crippen LogP contribution in [0.1, 0.15) is 36.1 Å². The summed E-state index contributed by atoms with van der Waals surface area (Å²) in [6.45, 7) is 3.53. The van der Waals surface area contributed by atoms with Crippen LogP contribution in [-0.4, -0.2) is 32.7 Å². The second-order valence-electron chi connectivity index (χ2n) is 8.00. The number of rotatable bonds is 7. The average Bonchev–Trinajstić information content (AvgIpc) is 3.26. The molecule has 0 unspecified atom stereocenters. The first-order valence-corrected chi connectivity index (χ1v) is 14.1. The lowest BCUT2D eigenvalue weighted by Gasteiger charge is -2.23. The summed E-state index contributed by atoms with van der Waals surface area (Å²) < 4.78 is 54.4. The van der Waals surface area contributed by atoms with E-state index in [4.69, 9.17) is 11.6 Å². The molecule has 0 bridgehead atoms. The number of anilines is 1. The van der Waals surface area contributed by atoms with Crippen molar-refractivity contribution in [1.29, 1.82) is 0 Å². The molecule has 3 aromatic carbocycles. The van der Waals surface area contributed by atoms with Gasteiger partial charge in [0.1, 0.15) is 0 Å². The SMILES string of the molecule is CCS(=O)(=O)Nc1ccc(C2=NN(S(=O)(=O)c3cccc(Cl)c3)[C@H](c3ccc(C)cc3)C2)cc1. The highest BCUT2D eigenvalue weighted by Gasteiger charge is 2.37. The maximum Gasteiger partial charge on any atom is 0.279 e. The summed E-state index contributed by atoms with van der Waals surface area (Å²) in [4.78, 5) is 0.0615. The lowest BCUT2D eigenvalue weighted by atomic mass is 9.98. The van der Waals surface area contributed by atoms with Crippen LogP contribution in [0.5, 0.6) is 0 Å². The maximum absolute atomic E-state index is 13.5. The molecule has 178 valence electrons. The summed E-state index contributed by atoms with van der Waals surface area (Å²) >= 11 is 6.06. The molecule has 1 aliphatic rings. The Morgan fingerprint density at radius 2 is 1.68 bits per heavy atom. The van der Waals surface area contributed by atoms with E-state index in [-0.39, 0.29) is 10.6 Å². The number of hydrazone groups is 1. The fourth-order valence-electron chi connectivity index (χ4n) is 3.64. The van der Waals surface area contributed by atoms with Crippen molar-refractivity contribution in [2.75, 3.05) is 10.5 Å². The first-order chi connectivity index (χ1) is 16.1. The third kappa shape index (κ3) is 5.11. The Morgan fingerprint density at radius 1 is 1.00 bits per heavy atom. The van der Waals surface area contributed by atoms with Crippen LogP contribution in [0.25, 0.3) is 0 Å². The molecule has 0 spiro atoms. The van der Waals surface area contributed by atoms with E-state index in [0.717, 1.165) is 15.5 Å². The van der Waals surface area contributed by atoms with E-state index in [1.165, 1.54) is 12.1 Å². The Morgan fingerprint density at radius 3 is 2.29 bits per heavy atom. The van der Waals surface area contributed by atoms with Gasteiger partial charge in [-0.1, -0.05) is 59.6 Å². The fourth-order valence-corrected chi connectivity index (χ4v) is 6.01. The normalized spacial score (nSPS) is 16.4. The Bertz CT molecular complexity index is 1440. The van der Waals surface area contributed by atoms with E-state index in [1.807, 2.05) is 31.2 Å². The first-order valence-electron chi connectivity index (χ1n) is 10.6. The van der Waals surface area contributed by atoms with Gasteiger partial charge in [0.25, 0.3) is 10.0 Å². The van der Waals surface area contributed by atoms with Gasteiger partial charge in [-0.3, -0.25) is 4.72 Å². The summed E-state index contributed by atoms with van der Waals surface area (Å²) in [5.41, 5.74) is 3.61. The third-order valence-electron chi connectivity index (χ3n) is 5.55. The zero-order valence-electron chi connectivity index (χ0n) is 18.6. The standard InChI is InChI=1S/C24H24ClN3O4S2/c1-3-33(29,30)27-21-13-11-18(12-14-21)23-16-24(19-9-7-17(2)8-10-19)28(26-23)34(31,32)22-6-4-5-20(25)15-22/h4-15,24,27H,3,16H2,1-2H3/t24-/m0/s1. The molecule has 0 aromatic heterocycles. The molecule has 0 amide bonds. The maximum atomic E-state index is 13.5. The monoisotopic (exact) mass is 517 g/mol. The van der Waals surface area contributed by atoms with Crippen molar-refractivity contribution in [3.05, 3.63) is 94.5 Å². The van der Waals surface area contributed by atoms with Crippen LogP contribution in [0, 0.1) is 6.92 Å². The van der Waals surface area contributed by atoms with E-state index in [0.29, 0.717) is 28.4 Å². The molecule has 34 heavy (non-hydrogen) atoms. The van der Waals surface area contributed by atoms with Crippen LogP contribution in [0.2, 0.25) is 5.02 Å². The number of aryl methyl sites for hydroxylation is 1. The molecule has 0 radical (unpaired) electrons. The largest absolute Gasteiger partial charge is 0.284 e. The van der Waals surface area contributed by atoms with Gasteiger partial charge in [0.05, 0.1) is 22.4 Å². The minimum Gasteiger partial charge on any atom is -0.284 e. The molecular formula is C24H24ClN3O4S2. The van der Waals surface area contributed by atoms with Crippen molar-refractivity contribution < 1.29 is 16.8 Å². The molecule has 3 aromatic rings. The van der Waals surface area contributed by atoms with Gasteiger partial charge in [-0.15, -0.1) is 0 Å². The highest BCUT2D eigenvalue weighted by molar-refractivity contribution is 7.92. The lowest BCUT2D eigenvalue weighted by Crippen LogP contribution is -2.27. The molecule has 1 aliphatic heterocycles. The van der Waals surface area contributed by atoms with Crippen LogP contribution >= 0.6 is 11.6 Å². The number of sulfonamides is 2. The van der Waals surface area contributed by atoms with Crippen molar-refractivity contribution in [1.82, 2.24) is 4.41 Å². The van der Waals surface area contributed by atoms with Gasteiger partial charge < -0.3 is 0 Å². The average molecular weight is 518 g/mol. The second-order valence-corrected chi connectivity index (χ2v) is 12.2. The molecule has 1 N–H and O–H groups in total. The van der Waals surface area contributed by atoms with Crippen molar-refractivity contribution in [3.8, 4) is 0 Å². The van der Waals surface area contributed by atoms with Crippen LogP contribution in [0.15, 0.2) is 82.8 Å². The summed E-state index contributed by atoms with van der Waals surface area (Å²) in [5, 5.41) is 4.84. The Labute approximate surface area is 205 Å². The third-order valence-corrected chi connectivity index (χ3v) is 8.77. The Balaban J connectivity index is 1.72. The molecule has 0 fully saturated rings. The summed E-state index contributed by atoms with van der Waals surface area (Å²) in [5.74, 6) is -0.0317. The minimum atomic E-state index is -3.98. The van der Waals surface area contributed by atoms with Crippen LogP contribution in [0.4, 0.5) is 5.69 Å². The summed E-state index contributed by atoms with van der Waals surface area (Å²) in [6, 6.07) is 20.0. The van der Waals surface area contributed by atoms with Gasteiger partial charge in [0.15, 0.2) is 0 Å². The van der Waals surface area contributed by atoms with Crippen LogP contribution in [0.3, 0.4) is 0 Å². The lowest BCUT2D eigenvalue weighted by molar-refractivity contribution is 0.371. The van der Waals surface area contributed by atoms with Gasteiger partial charge >= 0.3 is 0 Å². The fraction of sp³-hybridized carbons (Fsp3) is 0.208. The van der Waals surface area contributed by atoms with Crippen molar-refractivity contribution in [2.24, 2.45) is 5.10 Å². The molecule has 0 saturated carbocycles. The van der Waals surface area contributed by atoms with Gasteiger partial charge in [0.2, 0.25) is 10.0 Å². The quantitative estimate of drug-likeness (QED) is 0.479. The van der Waals surface area contributed by atoms with E-state index in [2.05, 4.69) is 9.82 Å². The van der Waals surface area contributed by atoms with Gasteiger partial charge in [-0.25, -0.2) is 8.42 Å². The number of benzene rings is 3. The summed E-state index contributed by atoms with van der Waals surface area (Å²) in [7, 11) is -7.37. The smallest absolute Gasteiger partial charge is 0.279 e. The van der Waals surface area contributed by atoms with E-state index >= 15 is 0 Å². The predicted molar refractivity (Wildman–Crippen MR) is 135 cm³/mol. The zero-order chi connectivity index (χ0) is 24.5. The van der Waals surface area contributed by atoms with Gasteiger partial charge in [-0.2, -0.15) is 17.9 Å². The molecule has 4 rings (SSSR count). The Hall–Kier alpha value is -2.88. The van der Waals surface area contributed by atoms with Gasteiger partial charge in [0, 0.05) is 17.1 Å². The topological polar surface area (TPSA) is 95.9 Å². The number of nitrogens with one attached hydrogen (secondary N) is 1. The highest BCUT2D eigenvalue weighted by atomic mass is 35.5. The van der Waals surface area contributed by atoms with Crippen molar-refractivity contribution in [3.63, 3.8) is 0 Å². The number of halogens is 1. The van der Waals surface area contributed by atoms with Gasteiger partial charge in [-0.05, 0) is 55.3 Å². The van der Waals surface area contributed by atoms with Crippen molar-refractivity contribution >= 4 is 43.0 Å². The molecule has 0 saturated heterocycles. The first kappa shape index (κ1) is 24.3. The molecular weight excluding hydrogens is 494 g/mol. The minimum absolute atomic E-state index is 0.0317. The van der Waals surface area contributed by atoms with Crippen LogP contribution < -0.4 is 4.72 Å². The summed E-state index contributed by atoms with van der Waals surface area (Å²) in [6.07, 6.45) is 0.364. The molecule has 7 nitrogen and oxygen atoms in total. The molecule has 0 aliphatic carbocycles. The van der Waals surface area contributed by atoms with E-state index < -0.39 is 26.1 Å². The number of nitrogens with zero attached hydrogens (tertiary/aromatic N) is 2. The van der Waals surface area contributed by atoms with Crippen molar-refractivity contribution in [2.45, 2.75) is 31.2 Å². The molecule has 1 heterocycles. The van der Waals surface area contributed by atoms with Crippen LogP contribution in [-0.2, 0) is 20.0 Å². The zero-order valence-corrected chi connectivity index (χ0v) is 21.0. The Kier molecular flexibility index (Phi) is 6.71. The van der Waals surface area contributed by atoms with E-state index in [1.54, 1.807) is 43.3 Å². The number of hydrogen-bond donors (Lipinski definition) is 1.